The van der Waals surface area contributed by atoms with Crippen molar-refractivity contribution < 1.29 is 0 Å². The largest absolute Gasteiger partial charge is 0.369 e. The lowest BCUT2D eigenvalue weighted by Gasteiger charge is -2.14. The quantitative estimate of drug-likeness (QED) is 0.787. The molecule has 0 radical (unpaired) electrons. The maximum absolute atomic E-state index is 4.81. The number of thioether (sulfide) groups is 1. The van der Waals surface area contributed by atoms with Gasteiger partial charge in [-0.25, -0.2) is 9.97 Å². The first kappa shape index (κ1) is 14.4. The number of anilines is 1. The van der Waals surface area contributed by atoms with Crippen LogP contribution in [0.15, 0.2) is 0 Å². The Labute approximate surface area is 127 Å². The lowest BCUT2D eigenvalue weighted by Crippen LogP contribution is -2.10. The van der Waals surface area contributed by atoms with Crippen LogP contribution < -0.4 is 5.32 Å². The van der Waals surface area contributed by atoms with Crippen molar-refractivity contribution in [3.8, 4) is 0 Å². The molecule has 1 saturated heterocycles. The highest BCUT2D eigenvalue weighted by Gasteiger charge is 2.22. The van der Waals surface area contributed by atoms with E-state index in [1.807, 2.05) is 11.8 Å². The van der Waals surface area contributed by atoms with Crippen molar-refractivity contribution in [2.75, 3.05) is 17.6 Å². The van der Waals surface area contributed by atoms with Crippen LogP contribution in [-0.2, 0) is 6.42 Å². The average Bonchev–Trinajstić information content (AvgIpc) is 2.88. The highest BCUT2D eigenvalue weighted by molar-refractivity contribution is 14.1. The van der Waals surface area contributed by atoms with E-state index in [9.17, 15) is 0 Å². The molecular formula is C13H20IN3S. The molecule has 5 heteroatoms. The van der Waals surface area contributed by atoms with E-state index in [-0.39, 0.29) is 0 Å². The third-order valence-electron chi connectivity index (χ3n) is 2.99. The molecule has 0 amide bonds. The molecule has 2 rings (SSSR count). The second-order valence-corrected chi connectivity index (χ2v) is 6.86. The zero-order valence-corrected chi connectivity index (χ0v) is 14.0. The third-order valence-corrected chi connectivity index (χ3v) is 5.49. The monoisotopic (exact) mass is 377 g/mol. The molecule has 100 valence electrons. The molecule has 1 aromatic heterocycles. The summed E-state index contributed by atoms with van der Waals surface area (Å²) in [6, 6.07) is 0. The molecule has 18 heavy (non-hydrogen) atoms. The highest BCUT2D eigenvalue weighted by atomic mass is 127. The van der Waals surface area contributed by atoms with Crippen molar-refractivity contribution in [3.63, 3.8) is 0 Å². The first-order valence-electron chi connectivity index (χ1n) is 6.68. The van der Waals surface area contributed by atoms with Crippen molar-refractivity contribution in [2.24, 2.45) is 0 Å². The number of aryl methyl sites for hydroxylation is 1. The zero-order valence-electron chi connectivity index (χ0n) is 11.0. The maximum atomic E-state index is 4.81. The van der Waals surface area contributed by atoms with E-state index < -0.39 is 0 Å². The Morgan fingerprint density at radius 2 is 2.22 bits per heavy atom. The summed E-state index contributed by atoms with van der Waals surface area (Å²) in [5, 5.41) is 3.88. The number of aromatic nitrogens is 2. The summed E-state index contributed by atoms with van der Waals surface area (Å²) in [6.07, 6.45) is 4.70. The van der Waals surface area contributed by atoms with E-state index in [0.717, 1.165) is 31.0 Å². The van der Waals surface area contributed by atoms with Crippen molar-refractivity contribution in [1.82, 2.24) is 9.97 Å². The minimum atomic E-state index is 0.509. The molecule has 1 unspecified atom stereocenters. The van der Waals surface area contributed by atoms with Crippen LogP contribution in [0.3, 0.4) is 0 Å². The van der Waals surface area contributed by atoms with E-state index in [4.69, 9.17) is 9.97 Å². The molecular weight excluding hydrogens is 357 g/mol. The second kappa shape index (κ2) is 6.93. The molecule has 1 aromatic rings. The maximum Gasteiger partial charge on any atom is 0.144 e. The van der Waals surface area contributed by atoms with Crippen LogP contribution in [-0.4, -0.2) is 22.3 Å². The molecule has 3 nitrogen and oxygen atoms in total. The van der Waals surface area contributed by atoms with Gasteiger partial charge in [-0.05, 0) is 54.5 Å². The Kier molecular flexibility index (Phi) is 5.54. The topological polar surface area (TPSA) is 37.8 Å². The highest BCUT2D eigenvalue weighted by Crippen LogP contribution is 2.39. The van der Waals surface area contributed by atoms with Crippen molar-refractivity contribution in [2.45, 2.75) is 44.8 Å². The van der Waals surface area contributed by atoms with Gasteiger partial charge in [0.25, 0.3) is 0 Å². The number of halogens is 1. The predicted octanol–water partition coefficient (Wildman–Crippen LogP) is 4.03. The smallest absolute Gasteiger partial charge is 0.144 e. The molecule has 0 spiro atoms. The molecule has 0 bridgehead atoms. The zero-order chi connectivity index (χ0) is 13.0. The minimum absolute atomic E-state index is 0.509. The molecule has 1 aliphatic heterocycles. The van der Waals surface area contributed by atoms with Gasteiger partial charge in [0.15, 0.2) is 0 Å². The standard InChI is InChI=1S/C13H20IN3S/c1-3-6-9-11(14)13(15-4-2)17-12(16-9)10-7-5-8-18-10/h10H,3-8H2,1-2H3,(H,15,16,17). The third kappa shape index (κ3) is 3.29. The fourth-order valence-corrected chi connectivity index (χ4v) is 4.03. The number of rotatable bonds is 5. The van der Waals surface area contributed by atoms with Gasteiger partial charge in [0.2, 0.25) is 0 Å². The van der Waals surface area contributed by atoms with Crippen LogP contribution in [0, 0.1) is 3.57 Å². The van der Waals surface area contributed by atoms with Crippen LogP contribution in [0.1, 0.15) is 49.9 Å². The molecule has 2 heterocycles. The SMILES string of the molecule is CCCc1nc(C2CCCS2)nc(NCC)c1I. The number of nitrogens with one attached hydrogen (secondary N) is 1. The van der Waals surface area contributed by atoms with Crippen molar-refractivity contribution in [3.05, 3.63) is 15.1 Å². The lowest BCUT2D eigenvalue weighted by molar-refractivity contribution is 0.754. The Hall–Kier alpha value is -0.0400. The van der Waals surface area contributed by atoms with E-state index in [0.29, 0.717) is 5.25 Å². The lowest BCUT2D eigenvalue weighted by atomic mass is 10.2. The molecule has 1 N–H and O–H groups in total. The Bertz CT molecular complexity index is 378. The Morgan fingerprint density at radius 1 is 1.39 bits per heavy atom. The Morgan fingerprint density at radius 3 is 2.83 bits per heavy atom. The van der Waals surface area contributed by atoms with Crippen LogP contribution in [0.25, 0.3) is 0 Å². The van der Waals surface area contributed by atoms with E-state index in [1.54, 1.807) is 0 Å². The van der Waals surface area contributed by atoms with Gasteiger partial charge < -0.3 is 5.32 Å². The van der Waals surface area contributed by atoms with Gasteiger partial charge in [-0.15, -0.1) is 0 Å². The minimum Gasteiger partial charge on any atom is -0.369 e. The first-order valence-corrected chi connectivity index (χ1v) is 8.80. The summed E-state index contributed by atoms with van der Waals surface area (Å²) in [6.45, 7) is 5.23. The van der Waals surface area contributed by atoms with Crippen LogP contribution in [0.5, 0.6) is 0 Å². The number of hydrogen-bond acceptors (Lipinski definition) is 4. The van der Waals surface area contributed by atoms with Crippen molar-refractivity contribution in [1.29, 1.82) is 0 Å². The summed E-state index contributed by atoms with van der Waals surface area (Å²) in [5.41, 5.74) is 1.21. The van der Waals surface area contributed by atoms with Gasteiger partial charge in [-0.3, -0.25) is 0 Å². The fraction of sp³-hybridized carbons (Fsp3) is 0.692. The summed E-state index contributed by atoms with van der Waals surface area (Å²) >= 11 is 4.37. The predicted molar refractivity (Wildman–Crippen MR) is 87.3 cm³/mol. The van der Waals surface area contributed by atoms with Gasteiger partial charge in [0, 0.05) is 6.54 Å². The first-order chi connectivity index (χ1) is 8.76. The summed E-state index contributed by atoms with van der Waals surface area (Å²) in [4.78, 5) is 9.54. The van der Waals surface area contributed by atoms with Gasteiger partial charge in [-0.1, -0.05) is 13.3 Å². The normalized spacial score (nSPS) is 19.2. The average molecular weight is 377 g/mol. The van der Waals surface area contributed by atoms with Crippen LogP contribution in [0.2, 0.25) is 0 Å². The molecule has 0 aromatic carbocycles. The molecule has 1 atom stereocenters. The Balaban J connectivity index is 2.33. The molecule has 1 fully saturated rings. The van der Waals surface area contributed by atoms with Gasteiger partial charge >= 0.3 is 0 Å². The number of hydrogen-bond donors (Lipinski definition) is 1. The van der Waals surface area contributed by atoms with E-state index in [1.165, 1.54) is 27.9 Å². The van der Waals surface area contributed by atoms with Gasteiger partial charge in [0.1, 0.15) is 11.6 Å². The number of nitrogens with zero attached hydrogens (tertiary/aromatic N) is 2. The fourth-order valence-electron chi connectivity index (χ4n) is 2.12. The molecule has 0 saturated carbocycles. The summed E-state index contributed by atoms with van der Waals surface area (Å²) < 4.78 is 1.20. The van der Waals surface area contributed by atoms with Crippen molar-refractivity contribution >= 4 is 40.2 Å². The van der Waals surface area contributed by atoms with E-state index in [2.05, 4.69) is 41.8 Å². The van der Waals surface area contributed by atoms with Gasteiger partial charge in [-0.2, -0.15) is 11.8 Å². The van der Waals surface area contributed by atoms with E-state index >= 15 is 0 Å². The summed E-state index contributed by atoms with van der Waals surface area (Å²) in [5.74, 6) is 3.32. The van der Waals surface area contributed by atoms with Crippen LogP contribution >= 0.6 is 34.4 Å². The molecule has 1 aliphatic rings. The second-order valence-electron chi connectivity index (χ2n) is 4.47. The van der Waals surface area contributed by atoms with Gasteiger partial charge in [0.05, 0.1) is 14.5 Å². The molecule has 0 aliphatic carbocycles. The van der Waals surface area contributed by atoms with Crippen LogP contribution in [0.4, 0.5) is 5.82 Å². The summed E-state index contributed by atoms with van der Waals surface area (Å²) in [7, 11) is 0.